The van der Waals surface area contributed by atoms with Gasteiger partial charge in [-0.05, 0) is 62.4 Å². The Morgan fingerprint density at radius 2 is 1.59 bits per heavy atom. The van der Waals surface area contributed by atoms with Gasteiger partial charge >= 0.3 is 0 Å². The van der Waals surface area contributed by atoms with Gasteiger partial charge in [0.25, 0.3) is 0 Å². The molecule has 0 aliphatic heterocycles. The van der Waals surface area contributed by atoms with Gasteiger partial charge in [-0.1, -0.05) is 23.7 Å². The SMILES string of the molecule is COc1cc(Cl)c(C)cc1NC(=O)C1(C(=O)Nc2cc(C)ccc2C)CC1. The van der Waals surface area contributed by atoms with Crippen molar-refractivity contribution in [1.29, 1.82) is 0 Å². The maximum atomic E-state index is 12.9. The zero-order valence-electron chi connectivity index (χ0n) is 15.9. The normalized spacial score (nSPS) is 14.4. The first-order chi connectivity index (χ1) is 12.8. The standard InChI is InChI=1S/C21H23ClN2O3/c1-12-5-6-13(2)16(9-12)23-19(25)21(7-8-21)20(26)24-17-10-14(3)15(22)11-18(17)27-4/h5-6,9-11H,7-8H2,1-4H3,(H,23,25)(H,24,26). The van der Waals surface area contributed by atoms with Crippen molar-refractivity contribution < 1.29 is 14.3 Å². The van der Waals surface area contributed by atoms with Gasteiger partial charge in [0.2, 0.25) is 11.8 Å². The van der Waals surface area contributed by atoms with Gasteiger partial charge in [0, 0.05) is 16.8 Å². The summed E-state index contributed by atoms with van der Waals surface area (Å²) in [5.41, 5.74) is 3.02. The summed E-state index contributed by atoms with van der Waals surface area (Å²) >= 11 is 6.11. The topological polar surface area (TPSA) is 67.4 Å². The van der Waals surface area contributed by atoms with Crippen LogP contribution < -0.4 is 15.4 Å². The smallest absolute Gasteiger partial charge is 0.240 e. The zero-order chi connectivity index (χ0) is 19.8. The summed E-state index contributed by atoms with van der Waals surface area (Å²) < 4.78 is 5.30. The van der Waals surface area contributed by atoms with E-state index in [9.17, 15) is 9.59 Å². The van der Waals surface area contributed by atoms with E-state index in [0.717, 1.165) is 22.4 Å². The lowest BCUT2D eigenvalue weighted by molar-refractivity contribution is -0.131. The molecule has 0 heterocycles. The Labute approximate surface area is 164 Å². The highest BCUT2D eigenvalue weighted by Crippen LogP contribution is 2.48. The van der Waals surface area contributed by atoms with Crippen molar-refractivity contribution in [2.75, 3.05) is 17.7 Å². The second-order valence-corrected chi connectivity index (χ2v) is 7.52. The van der Waals surface area contributed by atoms with Gasteiger partial charge < -0.3 is 15.4 Å². The lowest BCUT2D eigenvalue weighted by Gasteiger charge is -2.18. The van der Waals surface area contributed by atoms with Crippen LogP contribution in [0, 0.1) is 26.2 Å². The monoisotopic (exact) mass is 386 g/mol. The van der Waals surface area contributed by atoms with Crippen LogP contribution in [-0.4, -0.2) is 18.9 Å². The summed E-state index contributed by atoms with van der Waals surface area (Å²) in [6.45, 7) is 5.73. The second-order valence-electron chi connectivity index (χ2n) is 7.11. The van der Waals surface area contributed by atoms with Crippen molar-refractivity contribution in [2.45, 2.75) is 33.6 Å². The number of anilines is 2. The highest BCUT2D eigenvalue weighted by Gasteiger charge is 2.56. The molecule has 5 nitrogen and oxygen atoms in total. The number of carbonyl (C=O) groups is 2. The van der Waals surface area contributed by atoms with Crippen LogP contribution in [0.4, 0.5) is 11.4 Å². The molecule has 2 N–H and O–H groups in total. The van der Waals surface area contributed by atoms with Crippen LogP contribution in [0.1, 0.15) is 29.5 Å². The fourth-order valence-electron chi connectivity index (χ4n) is 2.97. The molecule has 1 aliphatic carbocycles. The van der Waals surface area contributed by atoms with Gasteiger partial charge in [-0.2, -0.15) is 0 Å². The van der Waals surface area contributed by atoms with E-state index >= 15 is 0 Å². The van der Waals surface area contributed by atoms with Crippen LogP contribution in [0.15, 0.2) is 30.3 Å². The number of amides is 2. The quantitative estimate of drug-likeness (QED) is 0.736. The predicted molar refractivity (Wildman–Crippen MR) is 108 cm³/mol. The predicted octanol–water partition coefficient (Wildman–Crippen LogP) is 4.63. The Morgan fingerprint density at radius 1 is 0.963 bits per heavy atom. The Bertz CT molecular complexity index is 920. The van der Waals surface area contributed by atoms with Crippen molar-refractivity contribution in [3.8, 4) is 5.75 Å². The zero-order valence-corrected chi connectivity index (χ0v) is 16.7. The molecule has 2 aromatic carbocycles. The highest BCUT2D eigenvalue weighted by atomic mass is 35.5. The number of methoxy groups -OCH3 is 1. The fourth-order valence-corrected chi connectivity index (χ4v) is 3.12. The first-order valence-corrected chi connectivity index (χ1v) is 9.19. The minimum absolute atomic E-state index is 0.279. The van der Waals surface area contributed by atoms with Crippen LogP contribution in [0.25, 0.3) is 0 Å². The van der Waals surface area contributed by atoms with Gasteiger partial charge in [0.05, 0.1) is 12.8 Å². The number of carbonyl (C=O) groups excluding carboxylic acids is 2. The summed E-state index contributed by atoms with van der Waals surface area (Å²) in [6.07, 6.45) is 1.04. The average Bonchev–Trinajstić information content (AvgIpc) is 3.43. The van der Waals surface area contributed by atoms with Gasteiger partial charge in [-0.25, -0.2) is 0 Å². The van der Waals surface area contributed by atoms with E-state index in [2.05, 4.69) is 10.6 Å². The van der Waals surface area contributed by atoms with Crippen molar-refractivity contribution in [1.82, 2.24) is 0 Å². The second kappa shape index (κ2) is 7.24. The van der Waals surface area contributed by atoms with Crippen LogP contribution in [0.5, 0.6) is 5.75 Å². The van der Waals surface area contributed by atoms with Gasteiger partial charge in [0.1, 0.15) is 11.2 Å². The van der Waals surface area contributed by atoms with Gasteiger partial charge in [-0.15, -0.1) is 0 Å². The molecule has 1 aliphatic rings. The number of hydrogen-bond donors (Lipinski definition) is 2. The number of halogens is 1. The lowest BCUT2D eigenvalue weighted by Crippen LogP contribution is -2.36. The van der Waals surface area contributed by atoms with E-state index in [0.29, 0.717) is 29.3 Å². The van der Waals surface area contributed by atoms with Crippen LogP contribution >= 0.6 is 11.6 Å². The summed E-state index contributed by atoms with van der Waals surface area (Å²) in [5.74, 6) is -0.145. The number of nitrogens with one attached hydrogen (secondary N) is 2. The van der Waals surface area contributed by atoms with Crippen molar-refractivity contribution in [3.63, 3.8) is 0 Å². The minimum Gasteiger partial charge on any atom is -0.495 e. The number of benzene rings is 2. The van der Waals surface area contributed by atoms with E-state index in [4.69, 9.17) is 16.3 Å². The molecule has 0 spiro atoms. The van der Waals surface area contributed by atoms with Gasteiger partial charge in [0.15, 0.2) is 0 Å². The molecule has 0 radical (unpaired) electrons. The summed E-state index contributed by atoms with van der Waals surface area (Å²) in [7, 11) is 1.51. The molecule has 0 saturated heterocycles. The maximum absolute atomic E-state index is 12.9. The number of aryl methyl sites for hydroxylation is 3. The molecule has 27 heavy (non-hydrogen) atoms. The maximum Gasteiger partial charge on any atom is 0.240 e. The number of ether oxygens (including phenoxy) is 1. The Kier molecular flexibility index (Phi) is 5.16. The van der Waals surface area contributed by atoms with Crippen LogP contribution in [0.3, 0.4) is 0 Å². The van der Waals surface area contributed by atoms with E-state index in [1.54, 1.807) is 12.1 Å². The summed E-state index contributed by atoms with van der Waals surface area (Å²) in [5, 5.41) is 6.31. The van der Waals surface area contributed by atoms with Crippen LogP contribution in [-0.2, 0) is 9.59 Å². The molecule has 0 aromatic heterocycles. The molecule has 3 rings (SSSR count). The minimum atomic E-state index is -1.05. The van der Waals surface area contributed by atoms with Crippen LogP contribution in [0.2, 0.25) is 5.02 Å². The molecule has 0 bridgehead atoms. The molecule has 6 heteroatoms. The Morgan fingerprint density at radius 3 is 2.19 bits per heavy atom. The number of rotatable bonds is 5. The molecular weight excluding hydrogens is 364 g/mol. The Hall–Kier alpha value is -2.53. The summed E-state index contributed by atoms with van der Waals surface area (Å²) in [4.78, 5) is 25.7. The van der Waals surface area contributed by atoms with Crippen molar-refractivity contribution in [3.05, 3.63) is 52.0 Å². The largest absolute Gasteiger partial charge is 0.495 e. The molecule has 1 saturated carbocycles. The molecule has 0 atom stereocenters. The third kappa shape index (κ3) is 3.78. The fraction of sp³-hybridized carbons (Fsp3) is 0.333. The van der Waals surface area contributed by atoms with E-state index in [1.165, 1.54) is 7.11 Å². The molecule has 2 aromatic rings. The average molecular weight is 387 g/mol. The van der Waals surface area contributed by atoms with E-state index < -0.39 is 5.41 Å². The molecular formula is C21H23ClN2O3. The molecule has 142 valence electrons. The molecule has 2 amide bonds. The third-order valence-corrected chi connectivity index (χ3v) is 5.40. The molecule has 1 fully saturated rings. The first-order valence-electron chi connectivity index (χ1n) is 8.81. The third-order valence-electron chi connectivity index (χ3n) is 4.99. The van der Waals surface area contributed by atoms with Crippen molar-refractivity contribution >= 4 is 34.8 Å². The Balaban J connectivity index is 1.79. The van der Waals surface area contributed by atoms with Gasteiger partial charge in [-0.3, -0.25) is 9.59 Å². The van der Waals surface area contributed by atoms with Crippen molar-refractivity contribution in [2.24, 2.45) is 5.41 Å². The highest BCUT2D eigenvalue weighted by molar-refractivity contribution is 6.31. The molecule has 0 unspecified atom stereocenters. The number of hydrogen-bond acceptors (Lipinski definition) is 3. The van der Waals surface area contributed by atoms with E-state index in [-0.39, 0.29) is 11.8 Å². The van der Waals surface area contributed by atoms with E-state index in [1.807, 2.05) is 39.0 Å². The lowest BCUT2D eigenvalue weighted by atomic mass is 10.0. The first kappa shape index (κ1) is 19.2. The summed E-state index contributed by atoms with van der Waals surface area (Å²) in [6, 6.07) is 9.25.